The molecule has 2 heterocycles. The summed E-state index contributed by atoms with van der Waals surface area (Å²) in [7, 11) is 0. The molecule has 0 radical (unpaired) electrons. The van der Waals surface area contributed by atoms with Crippen LogP contribution in [0.3, 0.4) is 0 Å². The van der Waals surface area contributed by atoms with Gasteiger partial charge in [0.1, 0.15) is 0 Å². The van der Waals surface area contributed by atoms with Crippen molar-refractivity contribution in [3.05, 3.63) is 22.8 Å². The van der Waals surface area contributed by atoms with Gasteiger partial charge in [0.25, 0.3) is 0 Å². The Morgan fingerprint density at radius 3 is 3.06 bits per heavy atom. The minimum atomic E-state index is -1.18. The molecule has 6 nitrogen and oxygen atoms in total. The summed E-state index contributed by atoms with van der Waals surface area (Å²) in [6.45, 7) is 1.91. The van der Waals surface area contributed by atoms with E-state index in [0.717, 1.165) is 4.48 Å². The van der Waals surface area contributed by atoms with Crippen molar-refractivity contribution in [3.63, 3.8) is 0 Å². The van der Waals surface area contributed by atoms with Crippen LogP contribution in [0.1, 0.15) is 6.92 Å². The molecule has 2 aliphatic rings. The van der Waals surface area contributed by atoms with Gasteiger partial charge in [0, 0.05) is 10.7 Å². The number of esters is 1. The number of rotatable bonds is 2. The second-order valence-electron chi connectivity index (χ2n) is 3.29. The lowest BCUT2D eigenvalue weighted by Gasteiger charge is -2.30. The molecule has 7 heteroatoms. The minimum Gasteiger partial charge on any atom is -0.461 e. The number of hydrogen-bond donors (Lipinski definition) is 1. The molecular formula is C10H10BrN3O3. The van der Waals surface area contributed by atoms with Crippen molar-refractivity contribution in [2.45, 2.75) is 13.2 Å². The smallest absolute Gasteiger partial charge is 0.359 e. The highest BCUT2D eigenvalue weighted by molar-refractivity contribution is 9.11. The normalized spacial score (nSPS) is 22.4. The number of aliphatic hydroxyl groups excluding tert-OH is 1. The fraction of sp³-hybridized carbons (Fsp3) is 0.300. The summed E-state index contributed by atoms with van der Waals surface area (Å²) in [6, 6.07) is 0. The quantitative estimate of drug-likeness (QED) is 0.763. The van der Waals surface area contributed by atoms with Crippen LogP contribution in [0, 0.1) is 0 Å². The molecule has 1 atom stereocenters. The molecule has 90 valence electrons. The zero-order valence-corrected chi connectivity index (χ0v) is 10.6. The van der Waals surface area contributed by atoms with E-state index in [4.69, 9.17) is 4.74 Å². The number of allylic oxidation sites excluding steroid dienone is 2. The van der Waals surface area contributed by atoms with Gasteiger partial charge in [-0.3, -0.25) is 4.90 Å². The van der Waals surface area contributed by atoms with E-state index in [-0.39, 0.29) is 12.3 Å². The summed E-state index contributed by atoms with van der Waals surface area (Å²) in [5.74, 6) is -0.198. The molecule has 0 aromatic carbocycles. The molecule has 0 saturated heterocycles. The molecule has 0 saturated carbocycles. The topological polar surface area (TPSA) is 74.5 Å². The summed E-state index contributed by atoms with van der Waals surface area (Å²) < 4.78 is 5.55. The van der Waals surface area contributed by atoms with E-state index in [1.807, 2.05) is 0 Å². The Balaban J connectivity index is 2.28. The second-order valence-corrected chi connectivity index (χ2v) is 4.21. The fourth-order valence-corrected chi connectivity index (χ4v) is 1.76. The van der Waals surface area contributed by atoms with Crippen molar-refractivity contribution < 1.29 is 14.6 Å². The third-order valence-corrected chi connectivity index (χ3v) is 2.64. The summed E-state index contributed by atoms with van der Waals surface area (Å²) in [6.07, 6.45) is 3.89. The maximum atomic E-state index is 11.5. The van der Waals surface area contributed by atoms with Crippen molar-refractivity contribution in [1.29, 1.82) is 0 Å². The summed E-state index contributed by atoms with van der Waals surface area (Å²) in [4.78, 5) is 12.9. The van der Waals surface area contributed by atoms with Crippen molar-refractivity contribution in [2.75, 3.05) is 6.61 Å². The second kappa shape index (κ2) is 4.80. The third kappa shape index (κ3) is 2.29. The van der Waals surface area contributed by atoms with Gasteiger partial charge in [0.05, 0.1) is 6.61 Å². The van der Waals surface area contributed by atoms with Gasteiger partial charge in [0.15, 0.2) is 17.8 Å². The average Bonchev–Trinajstić information content (AvgIpc) is 2.30. The zero-order chi connectivity index (χ0) is 12.4. The molecule has 2 rings (SSSR count). The molecule has 0 unspecified atom stereocenters. The van der Waals surface area contributed by atoms with Crippen LogP contribution in [0.2, 0.25) is 0 Å². The molecule has 0 spiro atoms. The van der Waals surface area contributed by atoms with Gasteiger partial charge >= 0.3 is 5.97 Å². The lowest BCUT2D eigenvalue weighted by molar-refractivity contribution is -0.135. The number of amidine groups is 1. The van der Waals surface area contributed by atoms with Crippen LogP contribution in [0.5, 0.6) is 0 Å². The van der Waals surface area contributed by atoms with Gasteiger partial charge in [-0.1, -0.05) is 0 Å². The summed E-state index contributed by atoms with van der Waals surface area (Å²) in [5.41, 5.74) is -0.123. The Hall–Kier alpha value is -1.47. The summed E-state index contributed by atoms with van der Waals surface area (Å²) in [5, 5.41) is 17.5. The van der Waals surface area contributed by atoms with Crippen LogP contribution in [-0.4, -0.2) is 40.4 Å². The molecular weight excluding hydrogens is 290 g/mol. The van der Waals surface area contributed by atoms with Crippen molar-refractivity contribution >= 4 is 33.4 Å². The molecule has 1 N–H and O–H groups in total. The lowest BCUT2D eigenvalue weighted by Crippen LogP contribution is -2.47. The number of carbonyl (C=O) groups is 1. The predicted molar refractivity (Wildman–Crippen MR) is 65.5 cm³/mol. The number of carbonyl (C=O) groups excluding carboxylic acids is 1. The molecule has 0 aromatic heterocycles. The average molecular weight is 300 g/mol. The zero-order valence-electron chi connectivity index (χ0n) is 9.00. The molecule has 0 aromatic rings. The standard InChI is InChI=1S/C10H10BrN3O3/c1-2-17-10(16)8-9(15)14-5-6(11)3-4-7(14)12-13-8/h3-5,9,15H,2H2,1H3/t9-/m1/s1. The van der Waals surface area contributed by atoms with Crippen LogP contribution in [0.4, 0.5) is 0 Å². The monoisotopic (exact) mass is 299 g/mol. The number of hydrogen-bond acceptors (Lipinski definition) is 6. The van der Waals surface area contributed by atoms with Gasteiger partial charge in [-0.15, -0.1) is 10.2 Å². The SMILES string of the molecule is CCOC(=O)C1=NN=C2C=CC(Br)=CN2[C@@H]1O. The van der Waals surface area contributed by atoms with Crippen molar-refractivity contribution in [2.24, 2.45) is 10.2 Å². The number of ether oxygens (including phenoxy) is 1. The number of fused-ring (bicyclic) bond motifs is 1. The van der Waals surface area contributed by atoms with Gasteiger partial charge in [-0.2, -0.15) is 0 Å². The van der Waals surface area contributed by atoms with E-state index >= 15 is 0 Å². The van der Waals surface area contributed by atoms with E-state index < -0.39 is 12.2 Å². The van der Waals surface area contributed by atoms with Gasteiger partial charge in [-0.25, -0.2) is 4.79 Å². The highest BCUT2D eigenvalue weighted by Gasteiger charge is 2.32. The molecule has 0 aliphatic carbocycles. The first-order valence-electron chi connectivity index (χ1n) is 4.98. The Kier molecular flexibility index (Phi) is 3.39. The third-order valence-electron chi connectivity index (χ3n) is 2.17. The Bertz CT molecular complexity index is 467. The van der Waals surface area contributed by atoms with E-state index in [1.54, 1.807) is 25.3 Å². The largest absolute Gasteiger partial charge is 0.461 e. The van der Waals surface area contributed by atoms with Crippen LogP contribution < -0.4 is 0 Å². The number of aliphatic hydroxyl groups is 1. The highest BCUT2D eigenvalue weighted by Crippen LogP contribution is 2.20. The van der Waals surface area contributed by atoms with Crippen molar-refractivity contribution in [1.82, 2.24) is 4.90 Å². The Morgan fingerprint density at radius 2 is 2.35 bits per heavy atom. The van der Waals surface area contributed by atoms with E-state index in [9.17, 15) is 9.90 Å². The van der Waals surface area contributed by atoms with Crippen LogP contribution in [-0.2, 0) is 9.53 Å². The molecule has 2 aliphatic heterocycles. The first-order valence-corrected chi connectivity index (χ1v) is 5.77. The van der Waals surface area contributed by atoms with Gasteiger partial charge in [-0.05, 0) is 35.0 Å². The van der Waals surface area contributed by atoms with E-state index in [0.29, 0.717) is 5.84 Å². The molecule has 0 bridgehead atoms. The maximum absolute atomic E-state index is 11.5. The van der Waals surface area contributed by atoms with E-state index in [2.05, 4.69) is 26.1 Å². The van der Waals surface area contributed by atoms with Crippen LogP contribution >= 0.6 is 15.9 Å². The van der Waals surface area contributed by atoms with Gasteiger partial charge in [0.2, 0.25) is 0 Å². The first kappa shape index (κ1) is 12.0. The lowest BCUT2D eigenvalue weighted by atomic mass is 10.2. The predicted octanol–water partition coefficient (Wildman–Crippen LogP) is 0.744. The van der Waals surface area contributed by atoms with Crippen molar-refractivity contribution in [3.8, 4) is 0 Å². The maximum Gasteiger partial charge on any atom is 0.359 e. The molecule has 17 heavy (non-hydrogen) atoms. The Labute approximate surface area is 106 Å². The van der Waals surface area contributed by atoms with Gasteiger partial charge < -0.3 is 9.84 Å². The molecule has 0 amide bonds. The highest BCUT2D eigenvalue weighted by atomic mass is 79.9. The molecule has 0 fully saturated rings. The van der Waals surface area contributed by atoms with Crippen LogP contribution in [0.15, 0.2) is 33.0 Å². The minimum absolute atomic E-state index is 0.123. The van der Waals surface area contributed by atoms with Crippen LogP contribution in [0.25, 0.3) is 0 Å². The number of nitrogens with zero attached hydrogens (tertiary/aromatic N) is 3. The Morgan fingerprint density at radius 1 is 1.59 bits per heavy atom. The fourth-order valence-electron chi connectivity index (χ4n) is 1.40. The summed E-state index contributed by atoms with van der Waals surface area (Å²) >= 11 is 3.28. The number of halogens is 1. The van der Waals surface area contributed by atoms with E-state index in [1.165, 1.54) is 4.90 Å². The first-order chi connectivity index (χ1) is 8.13.